The van der Waals surface area contributed by atoms with Crippen molar-refractivity contribution in [3.63, 3.8) is 0 Å². The summed E-state index contributed by atoms with van der Waals surface area (Å²) in [5.41, 5.74) is 9.55. The third-order valence-corrected chi connectivity index (χ3v) is 7.25. The molecule has 3 N–H and O–H groups in total. The van der Waals surface area contributed by atoms with Gasteiger partial charge in [-0.15, -0.1) is 11.3 Å². The van der Waals surface area contributed by atoms with E-state index >= 15 is 0 Å². The second kappa shape index (κ2) is 12.1. The molecule has 1 saturated heterocycles. The molecule has 0 unspecified atom stereocenters. The van der Waals surface area contributed by atoms with Crippen LogP contribution in [-0.2, 0) is 11.2 Å². The van der Waals surface area contributed by atoms with E-state index in [9.17, 15) is 4.79 Å². The Labute approximate surface area is 207 Å². The molecule has 3 heterocycles. The van der Waals surface area contributed by atoms with Crippen LogP contribution in [0.3, 0.4) is 0 Å². The summed E-state index contributed by atoms with van der Waals surface area (Å²) in [5, 5.41) is 1.09. The molecule has 1 aliphatic heterocycles. The molecular formula is C26H36N6OS. The highest BCUT2D eigenvalue weighted by Gasteiger charge is 2.17. The first-order valence-electron chi connectivity index (χ1n) is 11.7. The van der Waals surface area contributed by atoms with Gasteiger partial charge in [0.25, 0.3) is 0 Å². The van der Waals surface area contributed by atoms with Crippen molar-refractivity contribution in [2.24, 2.45) is 5.84 Å². The number of carbonyl (C=O) groups is 1. The van der Waals surface area contributed by atoms with Gasteiger partial charge < -0.3 is 10.3 Å². The van der Waals surface area contributed by atoms with E-state index in [2.05, 4.69) is 61.2 Å². The maximum Gasteiger partial charge on any atom is 0.209 e. The van der Waals surface area contributed by atoms with Crippen LogP contribution in [0.4, 0.5) is 5.69 Å². The van der Waals surface area contributed by atoms with Crippen LogP contribution in [0.5, 0.6) is 0 Å². The Morgan fingerprint density at radius 1 is 1.18 bits per heavy atom. The lowest BCUT2D eigenvalue weighted by atomic mass is 10.0. The summed E-state index contributed by atoms with van der Waals surface area (Å²) in [7, 11) is 0. The lowest BCUT2D eigenvalue weighted by Gasteiger charge is -2.34. The average Bonchev–Trinajstić information content (AvgIpc) is 3.19. The van der Waals surface area contributed by atoms with Crippen LogP contribution in [0.2, 0.25) is 0 Å². The van der Waals surface area contributed by atoms with Crippen molar-refractivity contribution in [1.29, 1.82) is 0 Å². The van der Waals surface area contributed by atoms with Crippen molar-refractivity contribution in [3.8, 4) is 10.4 Å². The van der Waals surface area contributed by atoms with Gasteiger partial charge in [-0.05, 0) is 51.8 Å². The molecule has 1 fully saturated rings. The zero-order chi connectivity index (χ0) is 24.7. The molecule has 1 aromatic carbocycles. The van der Waals surface area contributed by atoms with Gasteiger partial charge in [-0.25, -0.2) is 4.98 Å². The second-order valence-corrected chi connectivity index (χ2v) is 10.1. The van der Waals surface area contributed by atoms with Crippen LogP contribution in [0.1, 0.15) is 41.2 Å². The molecule has 1 amide bonds. The number of anilines is 1. The Hall–Kier alpha value is -2.81. The molecule has 0 spiro atoms. The Bertz CT molecular complexity index is 1070. The van der Waals surface area contributed by atoms with E-state index in [-0.39, 0.29) is 0 Å². The molecule has 0 atom stereocenters. The number of nitrogens with two attached hydrogens (primary N) is 1. The number of thiazole rings is 1. The van der Waals surface area contributed by atoms with E-state index < -0.39 is 0 Å². The molecule has 0 bridgehead atoms. The summed E-state index contributed by atoms with van der Waals surface area (Å²) < 4.78 is 0. The number of nitrogen functional groups attached to an aromatic ring is 1. The number of aryl methyl sites for hydroxylation is 3. The quantitative estimate of drug-likeness (QED) is 0.313. The molecule has 0 saturated carbocycles. The van der Waals surface area contributed by atoms with Gasteiger partial charge in [0.1, 0.15) is 0 Å². The minimum Gasteiger partial charge on any atom is -0.343 e. The van der Waals surface area contributed by atoms with Gasteiger partial charge in [0.2, 0.25) is 6.41 Å². The lowest BCUT2D eigenvalue weighted by Crippen LogP contribution is -2.48. The number of nitrogens with one attached hydrogen (secondary N) is 1. The Balaban J connectivity index is 0.000000248. The number of benzene rings is 1. The number of amides is 1. The molecule has 0 aliphatic carbocycles. The van der Waals surface area contributed by atoms with E-state index in [0.29, 0.717) is 6.04 Å². The number of hydrogen-bond acceptors (Lipinski definition) is 7. The van der Waals surface area contributed by atoms with E-state index in [4.69, 9.17) is 10.8 Å². The first-order valence-corrected chi connectivity index (χ1v) is 12.5. The van der Waals surface area contributed by atoms with Crippen LogP contribution in [0.25, 0.3) is 10.4 Å². The van der Waals surface area contributed by atoms with Crippen LogP contribution < -0.4 is 11.3 Å². The second-order valence-electron chi connectivity index (χ2n) is 8.97. The molecule has 34 heavy (non-hydrogen) atoms. The first-order chi connectivity index (χ1) is 16.3. The van der Waals surface area contributed by atoms with Gasteiger partial charge in [-0.2, -0.15) is 0 Å². The topological polar surface area (TPSA) is 87.4 Å². The number of rotatable bonds is 6. The van der Waals surface area contributed by atoms with E-state index in [1.807, 2.05) is 24.1 Å². The van der Waals surface area contributed by atoms with Crippen LogP contribution in [-0.4, -0.2) is 58.4 Å². The number of hydrogen-bond donors (Lipinski definition) is 2. The molecule has 0 radical (unpaired) electrons. The highest BCUT2D eigenvalue weighted by atomic mass is 32.1. The highest BCUT2D eigenvalue weighted by Crippen LogP contribution is 2.32. The van der Waals surface area contributed by atoms with Gasteiger partial charge in [0.05, 0.1) is 21.3 Å². The van der Waals surface area contributed by atoms with Crippen molar-refractivity contribution >= 4 is 23.4 Å². The maximum atomic E-state index is 10.3. The van der Waals surface area contributed by atoms with Crippen molar-refractivity contribution in [2.45, 2.75) is 47.1 Å². The molecule has 4 rings (SSSR count). The van der Waals surface area contributed by atoms with E-state index in [1.165, 1.54) is 16.0 Å². The molecule has 182 valence electrons. The molecule has 8 heteroatoms. The average molecular weight is 481 g/mol. The Kier molecular flexibility index (Phi) is 9.15. The summed E-state index contributed by atoms with van der Waals surface area (Å²) in [5.74, 6) is 5.71. The summed E-state index contributed by atoms with van der Waals surface area (Å²) in [6.07, 6.45) is 5.38. The summed E-state index contributed by atoms with van der Waals surface area (Å²) in [4.78, 5) is 24.7. The number of piperazine rings is 1. The van der Waals surface area contributed by atoms with Crippen LogP contribution >= 0.6 is 11.3 Å². The van der Waals surface area contributed by atoms with Gasteiger partial charge >= 0.3 is 0 Å². The third-order valence-electron chi connectivity index (χ3n) is 6.04. The summed E-state index contributed by atoms with van der Waals surface area (Å²) >= 11 is 1.72. The fourth-order valence-electron chi connectivity index (χ4n) is 4.22. The Morgan fingerprint density at radius 3 is 2.50 bits per heavy atom. The van der Waals surface area contributed by atoms with E-state index in [0.717, 1.165) is 66.5 Å². The zero-order valence-electron chi connectivity index (χ0n) is 20.8. The number of carbonyl (C=O) groups excluding carboxylic acids is 1. The maximum absolute atomic E-state index is 10.3. The first kappa shape index (κ1) is 25.8. The van der Waals surface area contributed by atoms with Crippen LogP contribution in [0.15, 0.2) is 36.7 Å². The molecule has 1 aliphatic rings. The summed E-state index contributed by atoms with van der Waals surface area (Å²) in [6, 6.07) is 8.94. The zero-order valence-corrected chi connectivity index (χ0v) is 21.7. The molecule has 7 nitrogen and oxygen atoms in total. The van der Waals surface area contributed by atoms with Gasteiger partial charge in [-0.1, -0.05) is 23.8 Å². The van der Waals surface area contributed by atoms with Crippen molar-refractivity contribution in [3.05, 3.63) is 64.1 Å². The van der Waals surface area contributed by atoms with Crippen molar-refractivity contribution in [1.82, 2.24) is 19.8 Å². The number of pyridine rings is 1. The number of aromatic nitrogens is 2. The number of hydrazine groups is 1. The number of nitrogens with zero attached hydrogens (tertiary/aromatic N) is 4. The Morgan fingerprint density at radius 2 is 1.91 bits per heavy atom. The standard InChI is InChI=1S/C18H20N4S.C8H16N2O/c1-11-7-12(2)17(22-19)15(8-11)9-16-21-13(3)18(23-16)14-5-4-6-20-10-14;1-8(2)10-5-3-9(7-11)4-6-10/h4-8,10,22H,9,19H2,1-3H3;7-8H,3-6H2,1-2H3. The smallest absolute Gasteiger partial charge is 0.209 e. The van der Waals surface area contributed by atoms with Crippen LogP contribution in [0, 0.1) is 20.8 Å². The minimum atomic E-state index is 0.615. The van der Waals surface area contributed by atoms with Gasteiger partial charge in [-0.3, -0.25) is 20.5 Å². The molecule has 2 aromatic heterocycles. The third kappa shape index (κ3) is 6.62. The fourth-order valence-corrected chi connectivity index (χ4v) is 5.29. The van der Waals surface area contributed by atoms with E-state index in [1.54, 1.807) is 17.5 Å². The molecular weight excluding hydrogens is 444 g/mol. The summed E-state index contributed by atoms with van der Waals surface area (Å²) in [6.45, 7) is 14.4. The van der Waals surface area contributed by atoms with Crippen molar-refractivity contribution in [2.75, 3.05) is 31.6 Å². The predicted molar refractivity (Wildman–Crippen MR) is 141 cm³/mol. The largest absolute Gasteiger partial charge is 0.343 e. The monoisotopic (exact) mass is 480 g/mol. The van der Waals surface area contributed by atoms with Gasteiger partial charge in [0.15, 0.2) is 0 Å². The highest BCUT2D eigenvalue weighted by molar-refractivity contribution is 7.15. The minimum absolute atomic E-state index is 0.615. The van der Waals surface area contributed by atoms with Gasteiger partial charge in [0, 0.05) is 56.6 Å². The predicted octanol–water partition coefficient (Wildman–Crippen LogP) is 4.18. The SMILES string of the molecule is CC(C)N1CCN(C=O)CC1.Cc1cc(C)c(NN)c(Cc2nc(C)c(-c3cccnc3)s2)c1. The van der Waals surface area contributed by atoms with Crippen molar-refractivity contribution < 1.29 is 4.79 Å². The fraction of sp³-hybridized carbons (Fsp3) is 0.423. The molecule has 3 aromatic rings. The normalized spacial score (nSPS) is 14.0. The lowest BCUT2D eigenvalue weighted by molar-refractivity contribution is -0.119.